The number of ether oxygens (including phenoxy) is 3. The van der Waals surface area contributed by atoms with E-state index in [1.54, 1.807) is 27.9 Å². The molecule has 0 saturated heterocycles. The van der Waals surface area contributed by atoms with Gasteiger partial charge in [0.25, 0.3) is 0 Å². The van der Waals surface area contributed by atoms with E-state index < -0.39 is 23.7 Å². The Labute approximate surface area is 152 Å². The van der Waals surface area contributed by atoms with E-state index in [1.165, 1.54) is 7.11 Å². The molecule has 1 N–H and O–H groups in total. The number of carbonyl (C=O) groups excluding carboxylic acids is 2. The van der Waals surface area contributed by atoms with E-state index in [2.05, 4.69) is 5.32 Å². The Kier molecular flexibility index (Phi) is 7.30. The van der Waals surface area contributed by atoms with Crippen LogP contribution in [0.2, 0.25) is 0 Å². The Morgan fingerprint density at radius 2 is 1.91 bits per heavy atom. The van der Waals surface area contributed by atoms with Crippen LogP contribution >= 0.6 is 0 Å². The van der Waals surface area contributed by atoms with Crippen molar-refractivity contribution in [3.63, 3.8) is 0 Å². The maximum atomic E-state index is 11.9. The fourth-order valence-electron chi connectivity index (χ4n) is 1.90. The van der Waals surface area contributed by atoms with Crippen LogP contribution in [0.5, 0.6) is 5.75 Å². The molecule has 0 aliphatic carbocycles. The number of benzene rings is 1. The molecular weight excluding hydrogens is 493 g/mol. The first-order valence-electron chi connectivity index (χ1n) is 7.12. The molecule has 125 valence electrons. The van der Waals surface area contributed by atoms with Gasteiger partial charge in [-0.1, -0.05) is 0 Å². The van der Waals surface area contributed by atoms with Crippen LogP contribution in [-0.4, -0.2) is 63.7 Å². The van der Waals surface area contributed by atoms with Gasteiger partial charge >= 0.3 is 153 Å². The van der Waals surface area contributed by atoms with Crippen LogP contribution in [0.4, 0.5) is 4.79 Å². The predicted molar refractivity (Wildman–Crippen MR) is 87.3 cm³/mol. The number of hydrogen-bond donors (Lipinski definition) is 1. The van der Waals surface area contributed by atoms with Crippen molar-refractivity contribution in [2.24, 2.45) is 0 Å². The summed E-state index contributed by atoms with van der Waals surface area (Å²) in [7, 11) is 2.91. The summed E-state index contributed by atoms with van der Waals surface area (Å²) in [6.07, 6.45) is -0.321. The zero-order valence-electron chi connectivity index (χ0n) is 14.1. The summed E-state index contributed by atoms with van der Waals surface area (Å²) in [5.74, 6) is 0.316. The van der Waals surface area contributed by atoms with Crippen molar-refractivity contribution in [1.82, 2.24) is 5.32 Å². The van der Waals surface area contributed by atoms with E-state index in [0.717, 1.165) is 40.2 Å². The molecule has 0 aliphatic heterocycles. The van der Waals surface area contributed by atoms with Crippen molar-refractivity contribution < 1.29 is 23.8 Å². The van der Waals surface area contributed by atoms with Gasteiger partial charge in [0, 0.05) is 0 Å². The number of alkyl carbamates (subject to hydrolysis) is 1. The number of rotatable bonds is 5. The van der Waals surface area contributed by atoms with Crippen molar-refractivity contribution in [3.8, 4) is 5.75 Å². The second-order valence-corrected chi connectivity index (χ2v) is 8.05. The number of nitrogens with one attached hydrogen (secondary N) is 1. The number of carbonyl (C=O) groups is 2. The van der Waals surface area contributed by atoms with E-state index in [9.17, 15) is 9.59 Å². The molecule has 0 bridgehead atoms. The zero-order chi connectivity index (χ0) is 17.6. The summed E-state index contributed by atoms with van der Waals surface area (Å²) in [6, 6.07) is 4.90. The first-order valence-corrected chi connectivity index (χ1v) is 9.06. The summed E-state index contributed by atoms with van der Waals surface area (Å²) in [4.78, 5) is 23.8. The molecule has 1 aromatic rings. The summed E-state index contributed by atoms with van der Waals surface area (Å²) >= 11 is 0.821. The molecule has 0 saturated carbocycles. The van der Waals surface area contributed by atoms with Gasteiger partial charge in [-0.25, -0.2) is 0 Å². The van der Waals surface area contributed by atoms with Crippen LogP contribution in [0.3, 0.4) is 0 Å². The van der Waals surface area contributed by atoms with Gasteiger partial charge in [0.2, 0.25) is 0 Å². The van der Waals surface area contributed by atoms with Gasteiger partial charge in [-0.3, -0.25) is 0 Å². The van der Waals surface area contributed by atoms with Gasteiger partial charge in [0.15, 0.2) is 0 Å². The van der Waals surface area contributed by atoms with Crippen LogP contribution < -0.4 is 13.2 Å². The molecular formula is C16H22NO5Pb. The molecule has 6 nitrogen and oxygen atoms in total. The zero-order valence-corrected chi connectivity index (χ0v) is 17.9. The van der Waals surface area contributed by atoms with E-state index in [4.69, 9.17) is 14.2 Å². The quantitative estimate of drug-likeness (QED) is 0.470. The maximum absolute atomic E-state index is 11.9. The third-order valence-electron chi connectivity index (χ3n) is 2.88. The fourth-order valence-corrected chi connectivity index (χ4v) is 3.34. The Hall–Kier alpha value is -1.32. The van der Waals surface area contributed by atoms with Gasteiger partial charge in [-0.2, -0.15) is 0 Å². The summed E-state index contributed by atoms with van der Waals surface area (Å²) < 4.78 is 16.3. The number of methoxy groups -OCH3 is 2. The number of hydrogen-bond acceptors (Lipinski definition) is 5. The fraction of sp³-hybridized carbons (Fsp3) is 0.500. The Balaban J connectivity index is 2.85. The van der Waals surface area contributed by atoms with Gasteiger partial charge in [-0.05, 0) is 0 Å². The van der Waals surface area contributed by atoms with Crippen LogP contribution in [0.1, 0.15) is 26.3 Å². The standard InChI is InChI=1S/C16H22NO5.Pb/c1-16(2,3)22-15(19)17-13(14(18)21-5)10-11-6-8-12(20-4)9-7-11;/h6-8,13H,10H2,1-5H3,(H,17,19);/t13-;/m0./s1. The Bertz CT molecular complexity index is 568. The molecule has 1 aromatic carbocycles. The van der Waals surface area contributed by atoms with Gasteiger partial charge in [0.1, 0.15) is 0 Å². The Morgan fingerprint density at radius 1 is 1.26 bits per heavy atom. The van der Waals surface area contributed by atoms with Crippen LogP contribution in [0, 0.1) is 0 Å². The Morgan fingerprint density at radius 3 is 2.39 bits per heavy atom. The molecule has 0 aromatic heterocycles. The normalized spacial score (nSPS) is 12.3. The van der Waals surface area contributed by atoms with Crippen molar-refractivity contribution in [3.05, 3.63) is 23.8 Å². The summed E-state index contributed by atoms with van der Waals surface area (Å²) in [5, 5.41) is 2.57. The molecule has 1 rings (SSSR count). The van der Waals surface area contributed by atoms with Crippen molar-refractivity contribution in [2.75, 3.05) is 14.2 Å². The minimum atomic E-state index is -0.802. The third-order valence-corrected chi connectivity index (χ3v) is 4.40. The minimum absolute atomic E-state index is 0.325. The molecule has 3 radical (unpaired) electrons. The molecule has 0 heterocycles. The van der Waals surface area contributed by atoms with E-state index in [1.807, 2.05) is 18.2 Å². The molecule has 7 heteroatoms. The molecule has 1 atom stereocenters. The third kappa shape index (κ3) is 6.76. The first kappa shape index (κ1) is 19.7. The van der Waals surface area contributed by atoms with Crippen LogP contribution in [-0.2, 0) is 20.7 Å². The second kappa shape index (κ2) is 8.51. The van der Waals surface area contributed by atoms with E-state index in [0.29, 0.717) is 6.42 Å². The average molecular weight is 516 g/mol. The number of amides is 1. The predicted octanol–water partition coefficient (Wildman–Crippen LogP) is 1.10. The first-order chi connectivity index (χ1) is 10.7. The van der Waals surface area contributed by atoms with Gasteiger partial charge in [-0.15, -0.1) is 0 Å². The SMILES string of the molecule is COC(=O)[C@H](Cc1ccc(OC)[c]([Pb])c1)NC(=O)OC(C)(C)C. The topological polar surface area (TPSA) is 73.9 Å². The molecule has 1 amide bonds. The van der Waals surface area contributed by atoms with Gasteiger partial charge in [0.05, 0.1) is 0 Å². The average Bonchev–Trinajstić information content (AvgIpc) is 2.44. The molecule has 0 fully saturated rings. The second-order valence-electron chi connectivity index (χ2n) is 5.96. The van der Waals surface area contributed by atoms with E-state index in [-0.39, 0.29) is 0 Å². The van der Waals surface area contributed by atoms with Crippen molar-refractivity contribution in [1.29, 1.82) is 0 Å². The van der Waals surface area contributed by atoms with Crippen LogP contribution in [0.15, 0.2) is 18.2 Å². The molecule has 0 aliphatic rings. The van der Waals surface area contributed by atoms with Crippen LogP contribution in [0.25, 0.3) is 0 Å². The van der Waals surface area contributed by atoms with Gasteiger partial charge < -0.3 is 0 Å². The molecule has 23 heavy (non-hydrogen) atoms. The monoisotopic (exact) mass is 516 g/mol. The summed E-state index contributed by atoms with van der Waals surface area (Å²) in [5.41, 5.74) is 0.287. The molecule has 0 spiro atoms. The number of esters is 1. The molecule has 0 unspecified atom stereocenters. The van der Waals surface area contributed by atoms with Crippen molar-refractivity contribution >= 4 is 41.0 Å². The van der Waals surface area contributed by atoms with Crippen molar-refractivity contribution in [2.45, 2.75) is 38.8 Å². The summed E-state index contributed by atoms with van der Waals surface area (Å²) in [6.45, 7) is 5.28. The van der Waals surface area contributed by atoms with E-state index >= 15 is 0 Å².